The first kappa shape index (κ1) is 14.5. The molecule has 0 amide bonds. The summed E-state index contributed by atoms with van der Waals surface area (Å²) in [6, 6.07) is 6.32. The van der Waals surface area contributed by atoms with Gasteiger partial charge in [-0.25, -0.2) is 0 Å². The van der Waals surface area contributed by atoms with Crippen molar-refractivity contribution < 1.29 is 14.6 Å². The van der Waals surface area contributed by atoms with Crippen molar-refractivity contribution in [3.05, 3.63) is 23.8 Å². The molecule has 106 valence electrons. The van der Waals surface area contributed by atoms with Gasteiger partial charge in [0.25, 0.3) is 0 Å². The molecule has 1 aromatic rings. The summed E-state index contributed by atoms with van der Waals surface area (Å²) in [6.07, 6.45) is 0. The Labute approximate surface area is 118 Å². The minimum Gasteiger partial charge on any atom is -0.486 e. The van der Waals surface area contributed by atoms with Crippen LogP contribution in [0.1, 0.15) is 18.5 Å². The maximum Gasteiger partial charge on any atom is 0.161 e. The molecule has 5 heteroatoms. The summed E-state index contributed by atoms with van der Waals surface area (Å²) in [7, 11) is 1.95. The number of benzene rings is 1. The first-order valence-electron chi connectivity index (χ1n) is 6.54. The minimum absolute atomic E-state index is 0.211. The van der Waals surface area contributed by atoms with Crippen molar-refractivity contribution in [2.75, 3.05) is 32.6 Å². The van der Waals surface area contributed by atoms with Crippen molar-refractivity contribution in [1.29, 1.82) is 0 Å². The third-order valence-corrected chi connectivity index (χ3v) is 4.37. The number of fused-ring (bicyclic) bond motifs is 1. The van der Waals surface area contributed by atoms with Gasteiger partial charge in [-0.05, 0) is 24.7 Å². The van der Waals surface area contributed by atoms with Gasteiger partial charge >= 0.3 is 0 Å². The monoisotopic (exact) mass is 283 g/mol. The van der Waals surface area contributed by atoms with Crippen LogP contribution in [0.3, 0.4) is 0 Å². The molecule has 0 spiro atoms. The first-order chi connectivity index (χ1) is 9.24. The average molecular weight is 283 g/mol. The summed E-state index contributed by atoms with van der Waals surface area (Å²) in [5.74, 6) is 2.56. The van der Waals surface area contributed by atoms with E-state index in [1.165, 1.54) is 5.56 Å². The van der Waals surface area contributed by atoms with Crippen molar-refractivity contribution in [3.8, 4) is 11.5 Å². The van der Waals surface area contributed by atoms with Crippen LogP contribution >= 0.6 is 11.8 Å². The van der Waals surface area contributed by atoms with Crippen LogP contribution in [0.5, 0.6) is 11.5 Å². The zero-order valence-corrected chi connectivity index (χ0v) is 12.2. The smallest absolute Gasteiger partial charge is 0.161 e. The van der Waals surface area contributed by atoms with Crippen molar-refractivity contribution in [2.24, 2.45) is 0 Å². The molecular formula is C14H21NO3S. The second-order valence-corrected chi connectivity index (χ2v) is 6.04. The Balaban J connectivity index is 2.05. The zero-order chi connectivity index (χ0) is 13.7. The number of hydrogen-bond donors (Lipinski definition) is 2. The number of thioether (sulfide) groups is 1. The van der Waals surface area contributed by atoms with Crippen LogP contribution in [-0.4, -0.2) is 43.0 Å². The van der Waals surface area contributed by atoms with Crippen molar-refractivity contribution >= 4 is 11.8 Å². The normalized spacial score (nSPS) is 17.0. The number of aliphatic hydroxyl groups excluding tert-OH is 1. The molecule has 1 aliphatic rings. The molecule has 0 saturated carbocycles. The minimum atomic E-state index is 0.211. The van der Waals surface area contributed by atoms with Crippen LogP contribution in [-0.2, 0) is 0 Å². The number of ether oxygens (including phenoxy) is 2. The van der Waals surface area contributed by atoms with Gasteiger partial charge in [0, 0.05) is 17.0 Å². The van der Waals surface area contributed by atoms with E-state index in [9.17, 15) is 0 Å². The van der Waals surface area contributed by atoms with E-state index in [4.69, 9.17) is 14.6 Å². The predicted octanol–water partition coefficient (Wildman–Crippen LogP) is 1.83. The Morgan fingerprint density at radius 1 is 1.32 bits per heavy atom. The van der Waals surface area contributed by atoms with E-state index in [2.05, 4.69) is 11.4 Å². The van der Waals surface area contributed by atoms with E-state index in [-0.39, 0.29) is 17.9 Å². The van der Waals surface area contributed by atoms with Crippen LogP contribution in [0.25, 0.3) is 0 Å². The molecule has 2 atom stereocenters. The van der Waals surface area contributed by atoms with E-state index >= 15 is 0 Å². The maximum absolute atomic E-state index is 9.07. The molecule has 2 N–H and O–H groups in total. The van der Waals surface area contributed by atoms with Gasteiger partial charge in [0.1, 0.15) is 13.2 Å². The van der Waals surface area contributed by atoms with Gasteiger partial charge in [-0.1, -0.05) is 13.0 Å². The first-order valence-corrected chi connectivity index (χ1v) is 7.58. The number of nitrogens with one attached hydrogen (secondary N) is 1. The Morgan fingerprint density at radius 2 is 2.05 bits per heavy atom. The molecular weight excluding hydrogens is 262 g/mol. The Kier molecular flexibility index (Phi) is 5.36. The Morgan fingerprint density at radius 3 is 2.74 bits per heavy atom. The molecule has 1 aliphatic heterocycles. The van der Waals surface area contributed by atoms with Crippen molar-refractivity contribution in [1.82, 2.24) is 5.32 Å². The lowest BCUT2D eigenvalue weighted by Gasteiger charge is -2.22. The van der Waals surface area contributed by atoms with Gasteiger partial charge in [0.15, 0.2) is 11.5 Å². The average Bonchev–Trinajstić information content (AvgIpc) is 2.47. The molecule has 0 fully saturated rings. The summed E-state index contributed by atoms with van der Waals surface area (Å²) in [6.45, 7) is 3.46. The summed E-state index contributed by atoms with van der Waals surface area (Å²) < 4.78 is 11.1. The maximum atomic E-state index is 9.07. The van der Waals surface area contributed by atoms with Gasteiger partial charge in [-0.3, -0.25) is 0 Å². The number of hydrogen-bond acceptors (Lipinski definition) is 5. The summed E-state index contributed by atoms with van der Waals surface area (Å²) in [5.41, 5.74) is 1.18. The SMILES string of the molecule is CNC(CSC(C)CO)c1ccc2c(c1)OCCO2. The van der Waals surface area contributed by atoms with Gasteiger partial charge in [-0.2, -0.15) is 11.8 Å². The third-order valence-electron chi connectivity index (χ3n) is 3.12. The highest BCUT2D eigenvalue weighted by molar-refractivity contribution is 7.99. The van der Waals surface area contributed by atoms with Gasteiger partial charge in [0.2, 0.25) is 0 Å². The largest absolute Gasteiger partial charge is 0.486 e. The zero-order valence-electron chi connectivity index (χ0n) is 11.4. The molecule has 0 aliphatic carbocycles. The fraction of sp³-hybridized carbons (Fsp3) is 0.571. The van der Waals surface area contributed by atoms with Crippen molar-refractivity contribution in [2.45, 2.75) is 18.2 Å². The number of aliphatic hydroxyl groups is 1. The van der Waals surface area contributed by atoms with Crippen LogP contribution in [0.2, 0.25) is 0 Å². The highest BCUT2D eigenvalue weighted by Gasteiger charge is 2.16. The molecule has 1 heterocycles. The third kappa shape index (κ3) is 3.78. The van der Waals surface area contributed by atoms with E-state index in [0.29, 0.717) is 13.2 Å². The standard InChI is InChI=1S/C14H21NO3S/c1-10(8-16)19-9-12(15-2)11-3-4-13-14(7-11)18-6-5-17-13/h3-4,7,10,12,15-16H,5-6,8-9H2,1-2H3. The predicted molar refractivity (Wildman–Crippen MR) is 78.2 cm³/mol. The van der Waals surface area contributed by atoms with Crippen LogP contribution in [0.15, 0.2) is 18.2 Å². The van der Waals surface area contributed by atoms with E-state index in [1.807, 2.05) is 26.1 Å². The van der Waals surface area contributed by atoms with Crippen molar-refractivity contribution in [3.63, 3.8) is 0 Å². The number of rotatable bonds is 6. The molecule has 1 aromatic carbocycles. The molecule has 0 aromatic heterocycles. The molecule has 0 bridgehead atoms. The lowest BCUT2D eigenvalue weighted by Crippen LogP contribution is -2.21. The molecule has 19 heavy (non-hydrogen) atoms. The fourth-order valence-electron chi connectivity index (χ4n) is 1.94. The Hall–Kier alpha value is -0.910. The second-order valence-electron chi connectivity index (χ2n) is 4.57. The molecule has 2 unspecified atom stereocenters. The lowest BCUT2D eigenvalue weighted by molar-refractivity contribution is 0.171. The summed E-state index contributed by atoms with van der Waals surface area (Å²) in [4.78, 5) is 0. The summed E-state index contributed by atoms with van der Waals surface area (Å²) in [5, 5.41) is 12.6. The van der Waals surface area contributed by atoms with Crippen LogP contribution in [0.4, 0.5) is 0 Å². The van der Waals surface area contributed by atoms with E-state index in [0.717, 1.165) is 17.3 Å². The highest BCUT2D eigenvalue weighted by Crippen LogP contribution is 2.33. The molecule has 0 radical (unpaired) electrons. The fourth-order valence-corrected chi connectivity index (χ4v) is 2.92. The lowest BCUT2D eigenvalue weighted by atomic mass is 10.1. The van der Waals surface area contributed by atoms with Gasteiger partial charge < -0.3 is 19.9 Å². The van der Waals surface area contributed by atoms with Crippen LogP contribution in [0, 0.1) is 0 Å². The van der Waals surface area contributed by atoms with Gasteiger partial charge in [0.05, 0.1) is 6.61 Å². The van der Waals surface area contributed by atoms with Crippen LogP contribution < -0.4 is 14.8 Å². The molecule has 4 nitrogen and oxygen atoms in total. The quantitative estimate of drug-likeness (QED) is 0.834. The second kappa shape index (κ2) is 7.03. The highest BCUT2D eigenvalue weighted by atomic mass is 32.2. The van der Waals surface area contributed by atoms with E-state index in [1.54, 1.807) is 11.8 Å². The topological polar surface area (TPSA) is 50.7 Å². The van der Waals surface area contributed by atoms with Gasteiger partial charge in [-0.15, -0.1) is 0 Å². The molecule has 0 saturated heterocycles. The molecule has 2 rings (SSSR count). The summed E-state index contributed by atoms with van der Waals surface area (Å²) >= 11 is 1.76. The van der Waals surface area contributed by atoms with E-state index < -0.39 is 0 Å². The Bertz CT molecular complexity index is 414.